The van der Waals surface area contributed by atoms with Gasteiger partial charge in [-0.1, -0.05) is 11.6 Å². The highest BCUT2D eigenvalue weighted by Crippen LogP contribution is 2.36. The van der Waals surface area contributed by atoms with Gasteiger partial charge in [0.25, 0.3) is 0 Å². The number of alkyl halides is 6. The first-order valence-electron chi connectivity index (χ1n) is 6.19. The van der Waals surface area contributed by atoms with E-state index >= 15 is 0 Å². The van der Waals surface area contributed by atoms with Crippen molar-refractivity contribution in [3.8, 4) is 0 Å². The van der Waals surface area contributed by atoms with E-state index in [2.05, 4.69) is 5.32 Å². The predicted octanol–water partition coefficient (Wildman–Crippen LogP) is 5.89. The predicted molar refractivity (Wildman–Crippen MR) is 69.4 cm³/mol. The number of hydrogen-bond donors (Lipinski definition) is 1. The lowest BCUT2D eigenvalue weighted by Gasteiger charge is -2.17. The standard InChI is InChI=1S/C13H14ClF6N/c1-8(3-2-6-12(15,16)17)21-9-4-5-11(14)10(7-9)13(18,19)20/h4-5,7-8,21H,2-3,6H2,1H3. The van der Waals surface area contributed by atoms with E-state index in [1.807, 2.05) is 0 Å². The van der Waals surface area contributed by atoms with Gasteiger partial charge in [-0.25, -0.2) is 0 Å². The number of hydrogen-bond acceptors (Lipinski definition) is 1. The zero-order chi connectivity index (χ0) is 16.3. The summed E-state index contributed by atoms with van der Waals surface area (Å²) >= 11 is 5.48. The Hall–Kier alpha value is -1.11. The summed E-state index contributed by atoms with van der Waals surface area (Å²) < 4.78 is 74.0. The van der Waals surface area contributed by atoms with E-state index in [4.69, 9.17) is 11.6 Å². The Morgan fingerprint density at radius 3 is 2.29 bits per heavy atom. The van der Waals surface area contributed by atoms with Crippen LogP contribution in [0.2, 0.25) is 5.02 Å². The van der Waals surface area contributed by atoms with Gasteiger partial charge in [-0.05, 0) is 38.0 Å². The highest BCUT2D eigenvalue weighted by molar-refractivity contribution is 6.31. The molecule has 0 saturated heterocycles. The fraction of sp³-hybridized carbons (Fsp3) is 0.538. The highest BCUT2D eigenvalue weighted by Gasteiger charge is 2.33. The Morgan fingerprint density at radius 2 is 1.76 bits per heavy atom. The van der Waals surface area contributed by atoms with Crippen LogP contribution in [0.5, 0.6) is 0 Å². The van der Waals surface area contributed by atoms with Crippen molar-refractivity contribution in [2.24, 2.45) is 0 Å². The van der Waals surface area contributed by atoms with Gasteiger partial charge in [-0.15, -0.1) is 0 Å². The summed E-state index contributed by atoms with van der Waals surface area (Å²) in [5, 5.41) is 2.32. The maximum atomic E-state index is 12.7. The topological polar surface area (TPSA) is 12.0 Å². The molecule has 0 aliphatic rings. The molecule has 0 bridgehead atoms. The smallest absolute Gasteiger partial charge is 0.383 e. The third-order valence-corrected chi connectivity index (χ3v) is 3.11. The van der Waals surface area contributed by atoms with E-state index in [0.717, 1.165) is 12.1 Å². The van der Waals surface area contributed by atoms with Crippen molar-refractivity contribution in [3.05, 3.63) is 28.8 Å². The van der Waals surface area contributed by atoms with Gasteiger partial charge in [0, 0.05) is 18.2 Å². The molecule has 0 heterocycles. The summed E-state index contributed by atoms with van der Waals surface area (Å²) in [6.07, 6.45) is -9.59. The molecule has 0 aliphatic carbocycles. The van der Waals surface area contributed by atoms with Crippen LogP contribution in [0.15, 0.2) is 18.2 Å². The van der Waals surface area contributed by atoms with Crippen LogP contribution >= 0.6 is 11.6 Å². The molecule has 0 radical (unpaired) electrons. The van der Waals surface area contributed by atoms with E-state index in [1.54, 1.807) is 6.92 Å². The fourth-order valence-electron chi connectivity index (χ4n) is 1.80. The van der Waals surface area contributed by atoms with Crippen molar-refractivity contribution in [3.63, 3.8) is 0 Å². The lowest BCUT2D eigenvalue weighted by atomic mass is 10.1. The Balaban J connectivity index is 2.63. The van der Waals surface area contributed by atoms with E-state index in [9.17, 15) is 26.3 Å². The number of nitrogens with one attached hydrogen (secondary N) is 1. The summed E-state index contributed by atoms with van der Waals surface area (Å²) in [4.78, 5) is 0. The molecule has 1 aromatic rings. The van der Waals surface area contributed by atoms with Gasteiger partial charge in [-0.3, -0.25) is 0 Å². The van der Waals surface area contributed by atoms with E-state index in [0.29, 0.717) is 0 Å². The van der Waals surface area contributed by atoms with Crippen LogP contribution < -0.4 is 5.32 Å². The van der Waals surface area contributed by atoms with Gasteiger partial charge in [0.2, 0.25) is 0 Å². The van der Waals surface area contributed by atoms with Crippen LogP contribution in [-0.4, -0.2) is 12.2 Å². The lowest BCUT2D eigenvalue weighted by Crippen LogP contribution is -2.17. The first-order chi connectivity index (χ1) is 9.49. The summed E-state index contributed by atoms with van der Waals surface area (Å²) in [7, 11) is 0. The van der Waals surface area contributed by atoms with Gasteiger partial charge < -0.3 is 5.32 Å². The molecule has 1 atom stereocenters. The minimum Gasteiger partial charge on any atom is -0.383 e. The third kappa shape index (κ3) is 6.46. The fourth-order valence-corrected chi connectivity index (χ4v) is 2.02. The molecule has 1 aromatic carbocycles. The van der Waals surface area contributed by atoms with Gasteiger partial charge >= 0.3 is 12.4 Å². The van der Waals surface area contributed by atoms with Gasteiger partial charge in [0.05, 0.1) is 10.6 Å². The Bertz CT molecular complexity index is 469. The number of rotatable bonds is 5. The van der Waals surface area contributed by atoms with Gasteiger partial charge in [-0.2, -0.15) is 26.3 Å². The minimum atomic E-state index is -4.58. The molecule has 1 rings (SSSR count). The molecule has 1 unspecified atom stereocenters. The molecule has 0 amide bonds. The Labute approximate surface area is 123 Å². The van der Waals surface area contributed by atoms with Crippen LogP contribution in [0.25, 0.3) is 0 Å². The molecule has 120 valence electrons. The molecule has 0 fully saturated rings. The zero-order valence-electron chi connectivity index (χ0n) is 11.1. The summed E-state index contributed by atoms with van der Waals surface area (Å²) in [6, 6.07) is 2.94. The molecule has 21 heavy (non-hydrogen) atoms. The average molecular weight is 334 g/mol. The Morgan fingerprint density at radius 1 is 1.14 bits per heavy atom. The maximum absolute atomic E-state index is 12.7. The second-order valence-electron chi connectivity index (χ2n) is 4.75. The first-order valence-corrected chi connectivity index (χ1v) is 6.57. The minimum absolute atomic E-state index is 0.0859. The summed E-state index contributed by atoms with van der Waals surface area (Å²) in [5.74, 6) is 0. The second kappa shape index (κ2) is 6.77. The second-order valence-corrected chi connectivity index (χ2v) is 5.15. The summed E-state index contributed by atoms with van der Waals surface area (Å²) in [5.41, 5.74) is -0.803. The highest BCUT2D eigenvalue weighted by atomic mass is 35.5. The van der Waals surface area contributed by atoms with Crippen LogP contribution in [-0.2, 0) is 6.18 Å². The quantitative estimate of drug-likeness (QED) is 0.662. The van der Waals surface area contributed by atoms with E-state index < -0.39 is 29.4 Å². The van der Waals surface area contributed by atoms with Crippen molar-refractivity contribution >= 4 is 17.3 Å². The molecule has 0 saturated carbocycles. The van der Waals surface area contributed by atoms with E-state index in [-0.39, 0.29) is 24.6 Å². The normalized spacial score (nSPS) is 14.1. The van der Waals surface area contributed by atoms with Crippen molar-refractivity contribution < 1.29 is 26.3 Å². The maximum Gasteiger partial charge on any atom is 0.417 e. The van der Waals surface area contributed by atoms with Crippen molar-refractivity contribution in [1.82, 2.24) is 0 Å². The SMILES string of the molecule is CC(CCCC(F)(F)F)Nc1ccc(Cl)c(C(F)(F)F)c1. The van der Waals surface area contributed by atoms with Crippen LogP contribution in [0.3, 0.4) is 0 Å². The molecule has 0 spiro atoms. The molecule has 0 aromatic heterocycles. The van der Waals surface area contributed by atoms with Crippen molar-refractivity contribution in [1.29, 1.82) is 0 Å². The monoisotopic (exact) mass is 333 g/mol. The molecule has 1 N–H and O–H groups in total. The lowest BCUT2D eigenvalue weighted by molar-refractivity contribution is -0.137. The number of anilines is 1. The van der Waals surface area contributed by atoms with Crippen molar-refractivity contribution in [2.45, 2.75) is 44.6 Å². The Kier molecular flexibility index (Phi) is 5.78. The first kappa shape index (κ1) is 17.9. The third-order valence-electron chi connectivity index (χ3n) is 2.78. The van der Waals surface area contributed by atoms with Crippen LogP contribution in [0.4, 0.5) is 32.0 Å². The van der Waals surface area contributed by atoms with Gasteiger partial charge in [0.15, 0.2) is 0 Å². The van der Waals surface area contributed by atoms with Gasteiger partial charge in [0.1, 0.15) is 0 Å². The van der Waals surface area contributed by atoms with Crippen LogP contribution in [0.1, 0.15) is 31.7 Å². The average Bonchev–Trinajstić information content (AvgIpc) is 2.28. The van der Waals surface area contributed by atoms with Crippen LogP contribution in [0, 0.1) is 0 Å². The molecule has 8 heteroatoms. The summed E-state index contributed by atoms with van der Waals surface area (Å²) in [6.45, 7) is 1.61. The van der Waals surface area contributed by atoms with E-state index in [1.165, 1.54) is 6.07 Å². The molecular weight excluding hydrogens is 320 g/mol. The molecule has 1 nitrogen and oxygen atoms in total. The molecule has 0 aliphatic heterocycles. The molecular formula is C13H14ClF6N. The largest absolute Gasteiger partial charge is 0.417 e. The number of halogens is 7. The number of benzene rings is 1. The van der Waals surface area contributed by atoms with Crippen molar-refractivity contribution in [2.75, 3.05) is 5.32 Å². The zero-order valence-corrected chi connectivity index (χ0v) is 11.8.